The lowest BCUT2D eigenvalue weighted by molar-refractivity contribution is -0.296. The molecule has 0 radical (unpaired) electrons. The molecule has 1 aromatic heterocycles. The molecule has 0 unspecified atom stereocenters. The summed E-state index contributed by atoms with van der Waals surface area (Å²) in [6, 6.07) is 7.91. The lowest BCUT2D eigenvalue weighted by Gasteiger charge is -2.29. The van der Waals surface area contributed by atoms with Gasteiger partial charge in [0.25, 0.3) is 5.56 Å². The van der Waals surface area contributed by atoms with Gasteiger partial charge in [-0.2, -0.15) is 0 Å². The number of hydrogen-bond acceptors (Lipinski definition) is 6. The van der Waals surface area contributed by atoms with Crippen molar-refractivity contribution in [3.8, 4) is 0 Å². The maximum Gasteiger partial charge on any atom is 0.342 e. The van der Waals surface area contributed by atoms with E-state index in [0.717, 1.165) is 0 Å². The minimum absolute atomic E-state index is 0.0506. The molecule has 1 aromatic carbocycles. The third kappa shape index (κ3) is 3.56. The molecule has 1 fully saturated rings. The third-order valence-electron chi connectivity index (χ3n) is 3.38. The number of nitrogens with zero attached hydrogens (tertiary/aromatic N) is 1. The van der Waals surface area contributed by atoms with E-state index < -0.39 is 29.7 Å². The molecule has 1 N–H and O–H groups in total. The van der Waals surface area contributed by atoms with E-state index in [-0.39, 0.29) is 18.2 Å². The van der Waals surface area contributed by atoms with Crippen molar-refractivity contribution >= 4 is 17.6 Å². The van der Waals surface area contributed by atoms with Crippen molar-refractivity contribution in [3.05, 3.63) is 68.0 Å². The van der Waals surface area contributed by atoms with Crippen LogP contribution in [0.1, 0.15) is 16.4 Å². The Labute approximate surface area is 140 Å². The second-order valence-electron chi connectivity index (χ2n) is 5.02. The number of carbonyl (C=O) groups excluding carboxylic acids is 1. The second-order valence-corrected chi connectivity index (χ2v) is 5.43. The summed E-state index contributed by atoms with van der Waals surface area (Å²) in [5, 5.41) is -0.118. The average molecular weight is 353 g/mol. The highest BCUT2D eigenvalue weighted by Crippen LogP contribution is 2.17. The van der Waals surface area contributed by atoms with Crippen LogP contribution in [0.15, 0.2) is 46.1 Å². The number of esters is 1. The molecule has 0 spiro atoms. The van der Waals surface area contributed by atoms with E-state index in [1.54, 1.807) is 30.3 Å². The van der Waals surface area contributed by atoms with Crippen LogP contribution in [0.25, 0.3) is 0 Å². The zero-order valence-corrected chi connectivity index (χ0v) is 13.1. The largest absolute Gasteiger partial charge is 0.407 e. The molecular formula is C15H13ClN2O6. The van der Waals surface area contributed by atoms with Crippen LogP contribution in [-0.4, -0.2) is 35.2 Å². The summed E-state index contributed by atoms with van der Waals surface area (Å²) in [7, 11) is 0. The fourth-order valence-corrected chi connectivity index (χ4v) is 2.32. The van der Waals surface area contributed by atoms with Crippen LogP contribution < -0.4 is 11.2 Å². The molecule has 0 amide bonds. The van der Waals surface area contributed by atoms with E-state index in [0.29, 0.717) is 5.56 Å². The van der Waals surface area contributed by atoms with Gasteiger partial charge >= 0.3 is 18.1 Å². The molecule has 2 aromatic rings. The fraction of sp³-hybridized carbons (Fsp3) is 0.267. The topological polar surface area (TPSA) is 99.6 Å². The Kier molecular flexibility index (Phi) is 4.79. The number of halogens is 1. The summed E-state index contributed by atoms with van der Waals surface area (Å²) in [6.45, 7) is -1.06. The highest BCUT2D eigenvalue weighted by molar-refractivity contribution is 6.30. The van der Waals surface area contributed by atoms with Gasteiger partial charge in [0.15, 0.2) is 0 Å². The molecule has 9 heteroatoms. The van der Waals surface area contributed by atoms with Gasteiger partial charge < -0.3 is 14.2 Å². The lowest BCUT2D eigenvalue weighted by Crippen LogP contribution is -2.41. The molecule has 0 aliphatic carbocycles. The minimum atomic E-state index is -1.16. The first-order valence-corrected chi connectivity index (χ1v) is 7.42. The van der Waals surface area contributed by atoms with Gasteiger partial charge in [-0.25, -0.2) is 9.59 Å². The molecule has 24 heavy (non-hydrogen) atoms. The zero-order chi connectivity index (χ0) is 17.1. The fourth-order valence-electron chi connectivity index (χ4n) is 2.17. The summed E-state index contributed by atoms with van der Waals surface area (Å²) >= 11 is 5.72. The highest BCUT2D eigenvalue weighted by atomic mass is 35.5. The molecule has 2 heterocycles. The smallest absolute Gasteiger partial charge is 0.342 e. The number of aromatic nitrogens is 2. The SMILES string of the molecule is O=C(OC1OCC(n2cc(Cl)c(=O)[nH]c2=O)CO1)c1ccccc1. The van der Waals surface area contributed by atoms with Gasteiger partial charge in [0, 0.05) is 6.20 Å². The molecule has 126 valence electrons. The summed E-state index contributed by atoms with van der Waals surface area (Å²) in [4.78, 5) is 37.0. The van der Waals surface area contributed by atoms with Crippen LogP contribution in [-0.2, 0) is 14.2 Å². The van der Waals surface area contributed by atoms with Crippen LogP contribution in [0, 0.1) is 0 Å². The monoisotopic (exact) mass is 352 g/mol. The van der Waals surface area contributed by atoms with E-state index >= 15 is 0 Å². The Bertz CT molecular complexity index is 839. The van der Waals surface area contributed by atoms with Crippen molar-refractivity contribution in [1.82, 2.24) is 9.55 Å². The first-order valence-electron chi connectivity index (χ1n) is 7.05. The Morgan fingerprint density at radius 3 is 2.54 bits per heavy atom. The molecule has 0 bridgehead atoms. The van der Waals surface area contributed by atoms with E-state index in [1.807, 2.05) is 0 Å². The number of benzene rings is 1. The standard InChI is InChI=1S/C15H13ClN2O6/c16-11-6-18(14(21)17-12(11)19)10-7-22-15(23-8-10)24-13(20)9-4-2-1-3-5-9/h1-6,10,15H,7-8H2,(H,17,19,21). The predicted molar refractivity (Wildman–Crippen MR) is 82.9 cm³/mol. The van der Waals surface area contributed by atoms with Crippen molar-refractivity contribution in [2.24, 2.45) is 0 Å². The number of H-pyrrole nitrogens is 1. The number of nitrogens with one attached hydrogen (secondary N) is 1. The zero-order valence-electron chi connectivity index (χ0n) is 12.3. The molecule has 1 aliphatic heterocycles. The lowest BCUT2D eigenvalue weighted by atomic mass is 10.2. The molecule has 1 saturated heterocycles. The van der Waals surface area contributed by atoms with E-state index in [2.05, 4.69) is 4.98 Å². The summed E-state index contributed by atoms with van der Waals surface area (Å²) in [6.07, 6.45) is 1.22. The Hall–Kier alpha value is -2.42. The number of aromatic amines is 1. The average Bonchev–Trinajstić information content (AvgIpc) is 2.60. The van der Waals surface area contributed by atoms with Crippen LogP contribution >= 0.6 is 11.6 Å². The van der Waals surface area contributed by atoms with E-state index in [9.17, 15) is 14.4 Å². The van der Waals surface area contributed by atoms with Gasteiger partial charge in [0.05, 0.1) is 24.8 Å². The van der Waals surface area contributed by atoms with Crippen LogP contribution in [0.2, 0.25) is 5.02 Å². The van der Waals surface area contributed by atoms with Gasteiger partial charge in [-0.1, -0.05) is 29.8 Å². The molecule has 0 atom stereocenters. The van der Waals surface area contributed by atoms with Gasteiger partial charge in [-0.15, -0.1) is 0 Å². The second kappa shape index (κ2) is 7.00. The number of rotatable bonds is 3. The number of hydrogen-bond donors (Lipinski definition) is 1. The predicted octanol–water partition coefficient (Wildman–Crippen LogP) is 0.918. The number of carbonyl (C=O) groups is 1. The van der Waals surface area contributed by atoms with Crippen LogP contribution in [0.5, 0.6) is 0 Å². The van der Waals surface area contributed by atoms with Gasteiger partial charge in [-0.3, -0.25) is 14.3 Å². The Morgan fingerprint density at radius 2 is 1.88 bits per heavy atom. The normalized spacial score (nSPS) is 20.5. The molecule has 0 saturated carbocycles. The Balaban J connectivity index is 1.62. The van der Waals surface area contributed by atoms with Crippen LogP contribution in [0.3, 0.4) is 0 Å². The van der Waals surface area contributed by atoms with Gasteiger partial charge in [0.2, 0.25) is 0 Å². The molecule has 1 aliphatic rings. The van der Waals surface area contributed by atoms with E-state index in [1.165, 1.54) is 10.8 Å². The molecule has 3 rings (SSSR count). The van der Waals surface area contributed by atoms with Gasteiger partial charge in [0.1, 0.15) is 5.02 Å². The number of ether oxygens (including phenoxy) is 3. The van der Waals surface area contributed by atoms with Gasteiger partial charge in [-0.05, 0) is 12.1 Å². The minimum Gasteiger partial charge on any atom is -0.407 e. The highest BCUT2D eigenvalue weighted by Gasteiger charge is 2.27. The Morgan fingerprint density at radius 1 is 1.21 bits per heavy atom. The summed E-state index contributed by atoms with van der Waals surface area (Å²) in [5.74, 6) is -0.580. The van der Waals surface area contributed by atoms with Crippen molar-refractivity contribution in [2.75, 3.05) is 13.2 Å². The van der Waals surface area contributed by atoms with Crippen molar-refractivity contribution < 1.29 is 19.0 Å². The van der Waals surface area contributed by atoms with E-state index in [4.69, 9.17) is 25.8 Å². The summed E-state index contributed by atoms with van der Waals surface area (Å²) in [5.41, 5.74) is -0.915. The molecule has 8 nitrogen and oxygen atoms in total. The first kappa shape index (κ1) is 16.4. The quantitative estimate of drug-likeness (QED) is 0.824. The van der Waals surface area contributed by atoms with Crippen molar-refractivity contribution in [3.63, 3.8) is 0 Å². The third-order valence-corrected chi connectivity index (χ3v) is 3.65. The summed E-state index contributed by atoms with van der Waals surface area (Å²) < 4.78 is 16.9. The first-order chi connectivity index (χ1) is 11.5. The molecular weight excluding hydrogens is 340 g/mol. The maximum absolute atomic E-state index is 11.9. The maximum atomic E-state index is 11.9. The van der Waals surface area contributed by atoms with Crippen molar-refractivity contribution in [1.29, 1.82) is 0 Å². The van der Waals surface area contributed by atoms with Crippen LogP contribution in [0.4, 0.5) is 0 Å². The van der Waals surface area contributed by atoms with Crippen molar-refractivity contribution in [2.45, 2.75) is 12.5 Å².